The zero-order valence-corrected chi connectivity index (χ0v) is 55.4. The van der Waals surface area contributed by atoms with Crippen LogP contribution in [0.15, 0.2) is 198 Å². The third-order valence-corrected chi connectivity index (χ3v) is 18.1. The molecule has 15 nitrogen and oxygen atoms in total. The molecular weight excluding hydrogens is 1440 g/mol. The van der Waals surface area contributed by atoms with Gasteiger partial charge in [-0.1, -0.05) is 84.9 Å². The minimum atomic E-state index is -4.69. The number of hydrogen-bond acceptors (Lipinski definition) is 9. The highest BCUT2D eigenvalue weighted by molar-refractivity contribution is 7.92. The lowest BCUT2D eigenvalue weighted by Crippen LogP contribution is -2.15. The smallest absolute Gasteiger partial charge is 0.342 e. The molecule has 9 aromatic carbocycles. The van der Waals surface area contributed by atoms with Crippen molar-refractivity contribution < 1.29 is 91.1 Å². The quantitative estimate of drug-likeness (QED) is 0.0649. The zero-order valence-electron chi connectivity index (χ0n) is 52.9. The van der Waals surface area contributed by atoms with Gasteiger partial charge in [-0.25, -0.2) is 50.5 Å². The van der Waals surface area contributed by atoms with Gasteiger partial charge >= 0.3 is 30.9 Å². The Bertz CT molecular complexity index is 5570. The van der Waals surface area contributed by atoms with Gasteiger partial charge in [0, 0.05) is 30.2 Å². The van der Waals surface area contributed by atoms with E-state index < -0.39 is 98.6 Å². The standard InChI is InChI=1S/C24H20F3N3O2S.C23H17F6N3O2S.C23H15F6N3O2S/c1-30-22-15-17(19-5-3-4-6-20(19)29-33(2,31)32)10-13-21(22)28-23(30)14-9-16-7-11-18(12-8-16)24(25,26)27;2*24-22(25,26)15-5-1-13(2-6-15)3-10-21-31-18-8-4-14(11-19(18)32-21)17-12-16(23(27,28)29)7-9-20(17)35(30,33)34/h3-15,29H,1-2H3;1-2,4-9,11-12H,3,10H2,(H,31,32)(H2,30,33,34);1-12H,(H,31,32)(H2,30,33,34)/b14-9+;;10-3+. The van der Waals surface area contributed by atoms with Crippen molar-refractivity contribution in [3.8, 4) is 33.4 Å². The molecule has 0 amide bonds. The molecular formula is C70H52F15N9O6S3. The summed E-state index contributed by atoms with van der Waals surface area (Å²) in [5.41, 5.74) is 2.77. The van der Waals surface area contributed by atoms with Gasteiger partial charge in [0.1, 0.15) is 17.5 Å². The van der Waals surface area contributed by atoms with Gasteiger partial charge in [0.2, 0.25) is 30.1 Å². The highest BCUT2D eigenvalue weighted by Gasteiger charge is 2.35. The van der Waals surface area contributed by atoms with Crippen LogP contribution in [-0.4, -0.2) is 61.0 Å². The van der Waals surface area contributed by atoms with Gasteiger partial charge in [-0.15, -0.1) is 0 Å². The maximum Gasteiger partial charge on any atom is 0.416 e. The molecule has 12 rings (SSSR count). The number of halogens is 15. The molecule has 3 aromatic heterocycles. The molecule has 0 unspecified atom stereocenters. The molecule has 0 bridgehead atoms. The molecule has 12 aromatic rings. The van der Waals surface area contributed by atoms with Crippen molar-refractivity contribution in [3.05, 3.63) is 250 Å². The Balaban J connectivity index is 0.000000166. The maximum atomic E-state index is 13.2. The number of aromatic nitrogens is 6. The van der Waals surface area contributed by atoms with E-state index in [2.05, 4.69) is 29.6 Å². The third-order valence-electron chi connectivity index (χ3n) is 15.6. The monoisotopic (exact) mass is 1500 g/mol. The van der Waals surface area contributed by atoms with Crippen molar-refractivity contribution in [2.45, 2.75) is 53.5 Å². The molecule has 0 aliphatic heterocycles. The van der Waals surface area contributed by atoms with Crippen molar-refractivity contribution in [3.63, 3.8) is 0 Å². The number of nitrogens with one attached hydrogen (secondary N) is 3. The second kappa shape index (κ2) is 28.7. The first-order chi connectivity index (χ1) is 47.9. The number of aromatic amines is 2. The molecule has 0 radical (unpaired) electrons. The lowest BCUT2D eigenvalue weighted by Gasteiger charge is -2.13. The molecule has 0 fully saturated rings. The van der Waals surface area contributed by atoms with Crippen LogP contribution in [0.4, 0.5) is 71.5 Å². The third kappa shape index (κ3) is 18.7. The van der Waals surface area contributed by atoms with Crippen LogP contribution in [0.3, 0.4) is 0 Å². The van der Waals surface area contributed by atoms with Gasteiger partial charge in [-0.2, -0.15) is 65.9 Å². The largest absolute Gasteiger partial charge is 0.416 e. The molecule has 0 saturated heterocycles. The topological polar surface area (TPSA) is 242 Å². The Labute approximate surface area is 576 Å². The summed E-state index contributed by atoms with van der Waals surface area (Å²) in [6.45, 7) is 0. The van der Waals surface area contributed by atoms with E-state index in [1.54, 1.807) is 24.3 Å². The average Bonchev–Trinajstić information content (AvgIpc) is 1.78. The fourth-order valence-electron chi connectivity index (χ4n) is 10.6. The van der Waals surface area contributed by atoms with Crippen LogP contribution < -0.4 is 15.0 Å². The molecule has 0 spiro atoms. The summed E-state index contributed by atoms with van der Waals surface area (Å²) in [5, 5.41) is 10.4. The summed E-state index contributed by atoms with van der Waals surface area (Å²) in [4.78, 5) is 18.3. The van der Waals surface area contributed by atoms with Gasteiger partial charge in [-0.05, 0) is 167 Å². The number of nitrogens with zero attached hydrogens (tertiary/aromatic N) is 4. The van der Waals surface area contributed by atoms with Crippen LogP contribution in [0.5, 0.6) is 0 Å². The van der Waals surface area contributed by atoms with Crippen molar-refractivity contribution in [1.82, 2.24) is 29.5 Å². The Morgan fingerprint density at radius 2 is 0.845 bits per heavy atom. The van der Waals surface area contributed by atoms with E-state index >= 15 is 0 Å². The highest BCUT2D eigenvalue weighted by atomic mass is 32.2. The number of rotatable bonds is 14. The summed E-state index contributed by atoms with van der Waals surface area (Å²) in [6, 6.07) is 40.0. The maximum absolute atomic E-state index is 13.2. The van der Waals surface area contributed by atoms with Crippen LogP contribution in [0.2, 0.25) is 0 Å². The van der Waals surface area contributed by atoms with E-state index in [4.69, 9.17) is 10.3 Å². The number of fused-ring (bicyclic) bond motifs is 3. The molecule has 33 heteroatoms. The predicted octanol–water partition coefficient (Wildman–Crippen LogP) is 17.6. The number of hydrogen-bond donors (Lipinski definition) is 5. The van der Waals surface area contributed by atoms with Gasteiger partial charge in [0.15, 0.2) is 0 Å². The van der Waals surface area contributed by atoms with Crippen molar-refractivity contribution in [1.29, 1.82) is 0 Å². The number of sulfonamides is 3. The molecule has 103 heavy (non-hydrogen) atoms. The Morgan fingerprint density at radius 3 is 1.31 bits per heavy atom. The molecule has 0 aliphatic rings. The number of primary sulfonamides is 2. The number of para-hydroxylation sites is 1. The van der Waals surface area contributed by atoms with E-state index in [1.165, 1.54) is 84.9 Å². The highest BCUT2D eigenvalue weighted by Crippen LogP contribution is 2.40. The molecule has 0 aliphatic carbocycles. The van der Waals surface area contributed by atoms with E-state index in [0.717, 1.165) is 83.0 Å². The number of imidazole rings is 3. The predicted molar refractivity (Wildman–Crippen MR) is 360 cm³/mol. The van der Waals surface area contributed by atoms with Gasteiger partial charge in [0.05, 0.1) is 82.7 Å². The first kappa shape index (κ1) is 75.1. The fourth-order valence-corrected chi connectivity index (χ4v) is 12.6. The molecule has 536 valence electrons. The minimum Gasteiger partial charge on any atom is -0.342 e. The van der Waals surface area contributed by atoms with Crippen LogP contribution >= 0.6 is 0 Å². The molecule has 7 N–H and O–H groups in total. The van der Waals surface area contributed by atoms with Crippen molar-refractivity contribution in [2.75, 3.05) is 11.0 Å². The average molecular weight is 1500 g/mol. The minimum absolute atomic E-state index is 0.162. The van der Waals surface area contributed by atoms with E-state index in [-0.39, 0.29) is 22.3 Å². The van der Waals surface area contributed by atoms with Crippen LogP contribution in [-0.2, 0) is 80.8 Å². The Hall–Kier alpha value is -10.6. The lowest BCUT2D eigenvalue weighted by atomic mass is 10.0. The van der Waals surface area contributed by atoms with Crippen molar-refractivity contribution in [2.24, 2.45) is 17.3 Å². The number of aryl methyl sites for hydroxylation is 3. The second-order valence-corrected chi connectivity index (χ2v) is 27.8. The number of nitrogens with two attached hydrogens (primary N) is 2. The summed E-state index contributed by atoms with van der Waals surface area (Å²) in [6.07, 6.45) is -14.3. The molecule has 0 atom stereocenters. The first-order valence-electron chi connectivity index (χ1n) is 29.8. The number of benzene rings is 9. The van der Waals surface area contributed by atoms with Crippen LogP contribution in [0.25, 0.3) is 90.8 Å². The summed E-state index contributed by atoms with van der Waals surface area (Å²) in [5.74, 6) is 1.46. The van der Waals surface area contributed by atoms with Crippen LogP contribution in [0, 0.1) is 0 Å². The Kier molecular flexibility index (Phi) is 20.9. The van der Waals surface area contributed by atoms with Crippen molar-refractivity contribution >= 4 is 93.2 Å². The lowest BCUT2D eigenvalue weighted by molar-refractivity contribution is -0.138. The van der Waals surface area contributed by atoms with E-state index in [9.17, 15) is 91.1 Å². The summed E-state index contributed by atoms with van der Waals surface area (Å²) in [7, 11) is -10.2. The van der Waals surface area contributed by atoms with Gasteiger partial charge < -0.3 is 14.5 Å². The van der Waals surface area contributed by atoms with Gasteiger partial charge in [0.25, 0.3) is 0 Å². The summed E-state index contributed by atoms with van der Waals surface area (Å²) >= 11 is 0. The number of alkyl halides is 15. The van der Waals surface area contributed by atoms with Crippen LogP contribution in [0.1, 0.15) is 62.0 Å². The van der Waals surface area contributed by atoms with E-state index in [1.807, 2.05) is 41.9 Å². The summed E-state index contributed by atoms with van der Waals surface area (Å²) < 4.78 is 269. The van der Waals surface area contributed by atoms with E-state index in [0.29, 0.717) is 93.0 Å². The fraction of sp³-hybridized carbons (Fsp3) is 0.129. The number of anilines is 1. The molecule has 3 heterocycles. The Morgan fingerprint density at radius 1 is 0.427 bits per heavy atom. The zero-order chi connectivity index (χ0) is 75.0. The first-order valence-corrected chi connectivity index (χ1v) is 34.8. The van der Waals surface area contributed by atoms with Gasteiger partial charge in [-0.3, -0.25) is 4.72 Å². The molecule has 0 saturated carbocycles. The SMILES string of the molecule is Cn1c(/C=C/c2ccc(C(F)(F)F)cc2)nc2ccc(-c3ccccc3NS(C)(=O)=O)cc21.NS(=O)(=O)c1ccc(C(F)(F)F)cc1-c1ccc2nc(/C=C/c3ccc(C(F)(F)F)cc3)[nH]c2c1.NS(=O)(=O)c1ccc(C(F)(F)F)cc1-c1ccc2nc(CCc3ccc(C(F)(F)F)cc3)[nH]c2c1. The second-order valence-electron chi connectivity index (χ2n) is 23.0. The normalized spacial score (nSPS) is 12.8. The number of H-pyrrole nitrogens is 2.